The molecular formula is C25H28F2N2O2. The lowest BCUT2D eigenvalue weighted by molar-refractivity contribution is -0.129. The maximum Gasteiger partial charge on any atom is 0.149 e. The minimum absolute atomic E-state index is 0.160. The number of fused-ring (bicyclic) bond motifs is 5. The summed E-state index contributed by atoms with van der Waals surface area (Å²) in [5, 5.41) is 0. The highest BCUT2D eigenvalue weighted by Gasteiger charge is 2.58. The monoisotopic (exact) mass is 426 g/mol. The normalized spacial score (nSPS) is 31.6. The van der Waals surface area contributed by atoms with Gasteiger partial charge in [0, 0.05) is 11.8 Å². The first-order valence-electron chi connectivity index (χ1n) is 11.3. The van der Waals surface area contributed by atoms with Crippen LogP contribution in [0.15, 0.2) is 36.5 Å². The lowest BCUT2D eigenvalue weighted by Gasteiger charge is -2.50. The molecule has 0 spiro atoms. The number of anilines is 1. The number of nitrogens with zero attached hydrogens (tertiary/aromatic N) is 1. The number of pyridine rings is 1. The third-order valence-electron chi connectivity index (χ3n) is 8.03. The highest BCUT2D eigenvalue weighted by molar-refractivity contribution is 5.87. The summed E-state index contributed by atoms with van der Waals surface area (Å²) in [6, 6.07) is 8.10. The number of rotatable bonds is 5. The fraction of sp³-hybridized carbons (Fsp3) is 0.520. The van der Waals surface area contributed by atoms with Gasteiger partial charge in [-0.15, -0.1) is 0 Å². The number of nitrogens with one attached hydrogen (secondary N) is 1. The van der Waals surface area contributed by atoms with Gasteiger partial charge in [0.25, 0.3) is 0 Å². The van der Waals surface area contributed by atoms with E-state index in [1.165, 1.54) is 17.7 Å². The molecule has 31 heavy (non-hydrogen) atoms. The molecule has 2 saturated carbocycles. The summed E-state index contributed by atoms with van der Waals surface area (Å²) in [5.74, 6) is 1.80. The van der Waals surface area contributed by atoms with Gasteiger partial charge in [0.2, 0.25) is 0 Å². The van der Waals surface area contributed by atoms with E-state index in [1.807, 2.05) is 6.07 Å². The van der Waals surface area contributed by atoms with Crippen molar-refractivity contribution in [3.05, 3.63) is 59.3 Å². The summed E-state index contributed by atoms with van der Waals surface area (Å²) in [4.78, 5) is 22.6. The molecular weight excluding hydrogens is 398 g/mol. The molecule has 3 unspecified atom stereocenters. The molecule has 0 amide bonds. The largest absolute Gasteiger partial charge is 0.299 e. The van der Waals surface area contributed by atoms with Gasteiger partial charge in [0.1, 0.15) is 23.2 Å². The zero-order chi connectivity index (χ0) is 21.6. The molecule has 1 N–H and O–H groups in total. The van der Waals surface area contributed by atoms with E-state index < -0.39 is 5.82 Å². The Balaban J connectivity index is 1.29. The fourth-order valence-electron chi connectivity index (χ4n) is 6.65. The Labute approximate surface area is 181 Å². The van der Waals surface area contributed by atoms with E-state index in [-0.39, 0.29) is 17.2 Å². The lowest BCUT2D eigenvalue weighted by atomic mass is 9.54. The van der Waals surface area contributed by atoms with Gasteiger partial charge in [0.15, 0.2) is 0 Å². The van der Waals surface area contributed by atoms with Crippen LogP contribution in [0.25, 0.3) is 0 Å². The van der Waals surface area contributed by atoms with E-state index in [9.17, 15) is 13.6 Å². The van der Waals surface area contributed by atoms with Crippen LogP contribution in [-0.4, -0.2) is 17.4 Å². The first kappa shape index (κ1) is 20.6. The summed E-state index contributed by atoms with van der Waals surface area (Å²) >= 11 is 0. The maximum atomic E-state index is 13.7. The van der Waals surface area contributed by atoms with Crippen molar-refractivity contribution in [1.29, 1.82) is 0 Å². The second-order valence-electron chi connectivity index (χ2n) is 9.62. The molecule has 3 aliphatic carbocycles. The van der Waals surface area contributed by atoms with Crippen LogP contribution >= 0.6 is 0 Å². The topological polar surface area (TPSA) is 51.2 Å². The number of carbonyl (C=O) groups excluding carboxylic acids is 1. The van der Waals surface area contributed by atoms with Gasteiger partial charge >= 0.3 is 0 Å². The molecule has 5 atom stereocenters. The Bertz CT molecular complexity index is 980. The average molecular weight is 427 g/mol. The molecule has 1 aromatic carbocycles. The van der Waals surface area contributed by atoms with Crippen LogP contribution in [0.4, 0.5) is 14.6 Å². The van der Waals surface area contributed by atoms with Crippen LogP contribution in [0.1, 0.15) is 56.1 Å². The van der Waals surface area contributed by atoms with Crippen LogP contribution < -0.4 is 5.48 Å². The molecule has 1 aromatic heterocycles. The van der Waals surface area contributed by atoms with Crippen molar-refractivity contribution < 1.29 is 18.4 Å². The smallest absolute Gasteiger partial charge is 0.149 e. The number of carbonyl (C=O) groups is 1. The van der Waals surface area contributed by atoms with Gasteiger partial charge in [-0.25, -0.2) is 19.2 Å². The van der Waals surface area contributed by atoms with Crippen LogP contribution in [-0.2, 0) is 16.1 Å². The quantitative estimate of drug-likeness (QED) is 0.511. The van der Waals surface area contributed by atoms with E-state index in [2.05, 4.69) is 17.4 Å². The van der Waals surface area contributed by atoms with Crippen molar-refractivity contribution in [2.75, 3.05) is 12.1 Å². The Morgan fingerprint density at radius 3 is 2.84 bits per heavy atom. The van der Waals surface area contributed by atoms with E-state index in [0.29, 0.717) is 42.4 Å². The number of hydrogen-bond acceptors (Lipinski definition) is 4. The number of benzene rings is 1. The number of aromatic nitrogens is 1. The van der Waals surface area contributed by atoms with Crippen LogP contribution in [0.5, 0.6) is 0 Å². The fourth-order valence-corrected chi connectivity index (χ4v) is 6.65. The van der Waals surface area contributed by atoms with E-state index >= 15 is 0 Å². The minimum atomic E-state index is -0.391. The molecule has 4 nitrogen and oxygen atoms in total. The number of Topliss-reactive ketones (excluding diaryl/α,β-unsaturated/α-hetero) is 1. The number of ketones is 1. The first-order valence-corrected chi connectivity index (χ1v) is 11.3. The standard InChI is InChI=1S/C25H28F2N2O2/c1-25-10-8-20-19-6-3-17(26)12-15(19)2-5-21(20)24(25)16(13-22(25)30)9-11-31-29-23-7-4-18(27)14-28-23/h3-4,6-7,12,14,16,20-21,24H,2,5,8-11,13H2,1H3,(H,28,29)/t16-,20?,21?,24?,25-/m1/s1. The second kappa shape index (κ2) is 7.97. The summed E-state index contributed by atoms with van der Waals surface area (Å²) in [5.41, 5.74) is 4.94. The number of hydrogen-bond donors (Lipinski definition) is 1. The van der Waals surface area contributed by atoms with E-state index in [1.54, 1.807) is 12.1 Å². The van der Waals surface area contributed by atoms with Crippen molar-refractivity contribution in [2.45, 2.75) is 51.4 Å². The molecule has 164 valence electrons. The van der Waals surface area contributed by atoms with Gasteiger partial charge in [-0.3, -0.25) is 9.63 Å². The highest BCUT2D eigenvalue weighted by Crippen LogP contribution is 2.61. The Kier molecular flexibility index (Phi) is 5.29. The van der Waals surface area contributed by atoms with Crippen molar-refractivity contribution >= 4 is 11.6 Å². The number of halogens is 2. The molecule has 0 saturated heterocycles. The summed E-state index contributed by atoms with van der Waals surface area (Å²) in [7, 11) is 0. The Morgan fingerprint density at radius 2 is 2.03 bits per heavy atom. The van der Waals surface area contributed by atoms with E-state index in [0.717, 1.165) is 43.9 Å². The SMILES string of the molecule is C[C@]12CCC3c4ccc(F)cc4CCC3C1[C@H](CCONc1ccc(F)cn1)CC2=O. The molecule has 1 heterocycles. The van der Waals surface area contributed by atoms with E-state index in [4.69, 9.17) is 4.84 Å². The van der Waals surface area contributed by atoms with Crippen molar-refractivity contribution in [2.24, 2.45) is 23.2 Å². The van der Waals surface area contributed by atoms with Crippen LogP contribution in [0.2, 0.25) is 0 Å². The lowest BCUT2D eigenvalue weighted by Crippen LogP contribution is -2.44. The van der Waals surface area contributed by atoms with Crippen molar-refractivity contribution in [1.82, 2.24) is 4.98 Å². The zero-order valence-corrected chi connectivity index (χ0v) is 17.7. The van der Waals surface area contributed by atoms with Gasteiger partial charge in [-0.05, 0) is 91.2 Å². The van der Waals surface area contributed by atoms with Crippen molar-refractivity contribution in [3.63, 3.8) is 0 Å². The van der Waals surface area contributed by atoms with Gasteiger partial charge in [-0.2, -0.15) is 0 Å². The molecule has 0 radical (unpaired) electrons. The average Bonchev–Trinajstić information content (AvgIpc) is 3.02. The maximum absolute atomic E-state index is 13.7. The molecule has 6 heteroatoms. The van der Waals surface area contributed by atoms with Crippen LogP contribution in [0, 0.1) is 34.8 Å². The second-order valence-corrected chi connectivity index (χ2v) is 9.62. The predicted octanol–water partition coefficient (Wildman–Crippen LogP) is 5.44. The molecule has 0 bridgehead atoms. The predicted molar refractivity (Wildman–Crippen MR) is 113 cm³/mol. The van der Waals surface area contributed by atoms with Crippen LogP contribution in [0.3, 0.4) is 0 Å². The summed E-state index contributed by atoms with van der Waals surface area (Å²) in [6.45, 7) is 2.63. The Hall–Kier alpha value is -2.34. The third kappa shape index (κ3) is 3.65. The van der Waals surface area contributed by atoms with Gasteiger partial charge in [-0.1, -0.05) is 13.0 Å². The molecule has 0 aliphatic heterocycles. The van der Waals surface area contributed by atoms with Gasteiger partial charge < -0.3 is 0 Å². The zero-order valence-electron chi connectivity index (χ0n) is 17.7. The Morgan fingerprint density at radius 1 is 1.19 bits per heavy atom. The third-order valence-corrected chi connectivity index (χ3v) is 8.03. The van der Waals surface area contributed by atoms with Crippen molar-refractivity contribution in [3.8, 4) is 0 Å². The number of aryl methyl sites for hydroxylation is 1. The molecule has 5 rings (SSSR count). The minimum Gasteiger partial charge on any atom is -0.299 e. The summed E-state index contributed by atoms with van der Waals surface area (Å²) in [6.07, 6.45) is 6.35. The molecule has 2 fully saturated rings. The highest BCUT2D eigenvalue weighted by atomic mass is 19.1. The molecule has 2 aromatic rings. The first-order chi connectivity index (χ1) is 15.0. The molecule has 3 aliphatic rings. The van der Waals surface area contributed by atoms with Gasteiger partial charge in [0.05, 0.1) is 12.8 Å². The summed E-state index contributed by atoms with van der Waals surface area (Å²) < 4.78 is 26.7.